The van der Waals surface area contributed by atoms with Gasteiger partial charge >= 0.3 is 0 Å². The van der Waals surface area contributed by atoms with Gasteiger partial charge in [0.1, 0.15) is 0 Å². The van der Waals surface area contributed by atoms with Crippen LogP contribution in [0.15, 0.2) is 0 Å². The van der Waals surface area contributed by atoms with Crippen LogP contribution < -0.4 is 5.32 Å². The third kappa shape index (κ3) is 6.50. The van der Waals surface area contributed by atoms with Crippen molar-refractivity contribution in [2.24, 2.45) is 10.8 Å². The average molecular weight is 215 g/mol. The zero-order chi connectivity index (χ0) is 12.1. The number of methoxy groups -OCH3 is 1. The average Bonchev–Trinajstić information content (AvgIpc) is 2.00. The van der Waals surface area contributed by atoms with Gasteiger partial charge in [-0.3, -0.25) is 4.79 Å². The van der Waals surface area contributed by atoms with Crippen LogP contribution in [0.3, 0.4) is 0 Å². The Morgan fingerprint density at radius 3 is 2.13 bits per heavy atom. The number of rotatable bonds is 5. The predicted molar refractivity (Wildman–Crippen MR) is 62.7 cm³/mol. The Labute approximate surface area is 93.6 Å². The molecule has 0 atom stereocenters. The summed E-state index contributed by atoms with van der Waals surface area (Å²) in [6, 6.07) is 0. The van der Waals surface area contributed by atoms with Crippen LogP contribution >= 0.6 is 0 Å². The maximum absolute atomic E-state index is 11.9. The van der Waals surface area contributed by atoms with Gasteiger partial charge in [-0.1, -0.05) is 34.6 Å². The molecule has 0 radical (unpaired) electrons. The van der Waals surface area contributed by atoms with Gasteiger partial charge in [0.25, 0.3) is 0 Å². The van der Waals surface area contributed by atoms with E-state index in [0.717, 1.165) is 6.42 Å². The molecule has 1 N–H and O–H groups in total. The summed E-state index contributed by atoms with van der Waals surface area (Å²) in [5, 5.41) is 2.88. The first-order valence-corrected chi connectivity index (χ1v) is 5.46. The molecule has 0 aromatic heterocycles. The molecular formula is C12H25NO2. The Kier molecular flexibility index (Phi) is 5.29. The second kappa shape index (κ2) is 5.50. The number of carbonyl (C=O) groups excluding carboxylic acids is 1. The molecule has 0 fully saturated rings. The lowest BCUT2D eigenvalue weighted by Gasteiger charge is -2.31. The van der Waals surface area contributed by atoms with Gasteiger partial charge < -0.3 is 10.1 Å². The summed E-state index contributed by atoms with van der Waals surface area (Å²) >= 11 is 0. The van der Waals surface area contributed by atoms with Crippen molar-refractivity contribution in [3.8, 4) is 0 Å². The molecule has 0 saturated heterocycles. The Hall–Kier alpha value is -0.570. The predicted octanol–water partition coefficient (Wildman–Crippen LogP) is 2.21. The molecule has 3 nitrogen and oxygen atoms in total. The van der Waals surface area contributed by atoms with E-state index in [0.29, 0.717) is 13.2 Å². The minimum Gasteiger partial charge on any atom is -0.383 e. The van der Waals surface area contributed by atoms with Crippen LogP contribution in [0.4, 0.5) is 0 Å². The van der Waals surface area contributed by atoms with Crippen molar-refractivity contribution in [2.45, 2.75) is 41.0 Å². The van der Waals surface area contributed by atoms with Crippen molar-refractivity contribution in [1.29, 1.82) is 0 Å². The lowest BCUT2D eigenvalue weighted by atomic mass is 9.76. The van der Waals surface area contributed by atoms with Gasteiger partial charge in [-0.2, -0.15) is 0 Å². The van der Waals surface area contributed by atoms with Crippen molar-refractivity contribution < 1.29 is 9.53 Å². The highest BCUT2D eigenvalue weighted by Crippen LogP contribution is 2.33. The summed E-state index contributed by atoms with van der Waals surface area (Å²) < 4.78 is 4.89. The molecule has 0 saturated carbocycles. The van der Waals surface area contributed by atoms with Gasteiger partial charge in [-0.15, -0.1) is 0 Å². The fourth-order valence-corrected chi connectivity index (χ4v) is 1.91. The normalized spacial score (nSPS) is 12.7. The molecule has 0 bridgehead atoms. The van der Waals surface area contributed by atoms with E-state index >= 15 is 0 Å². The second-order valence-corrected chi connectivity index (χ2v) is 5.87. The summed E-state index contributed by atoms with van der Waals surface area (Å²) in [5.74, 6) is 0.106. The zero-order valence-corrected chi connectivity index (χ0v) is 10.9. The monoisotopic (exact) mass is 215 g/mol. The molecule has 0 aromatic rings. The number of hydrogen-bond donors (Lipinski definition) is 1. The maximum Gasteiger partial charge on any atom is 0.225 e. The third-order valence-electron chi connectivity index (χ3n) is 2.18. The van der Waals surface area contributed by atoms with E-state index in [9.17, 15) is 4.79 Å². The standard InChI is InChI=1S/C12H25NO2/c1-11(2,3)9-12(4,5)10(14)13-7-8-15-6/h7-9H2,1-6H3,(H,13,14). The summed E-state index contributed by atoms with van der Waals surface area (Å²) in [4.78, 5) is 11.9. The smallest absolute Gasteiger partial charge is 0.225 e. The first-order valence-electron chi connectivity index (χ1n) is 5.46. The summed E-state index contributed by atoms with van der Waals surface area (Å²) in [7, 11) is 1.63. The topological polar surface area (TPSA) is 38.3 Å². The van der Waals surface area contributed by atoms with Crippen molar-refractivity contribution in [3.63, 3.8) is 0 Å². The molecule has 0 aliphatic heterocycles. The molecule has 0 spiro atoms. The highest BCUT2D eigenvalue weighted by atomic mass is 16.5. The summed E-state index contributed by atoms with van der Waals surface area (Å²) in [5.41, 5.74) is -0.145. The summed E-state index contributed by atoms with van der Waals surface area (Å²) in [6.07, 6.45) is 0.874. The Balaban J connectivity index is 4.14. The second-order valence-electron chi connectivity index (χ2n) is 5.87. The highest BCUT2D eigenvalue weighted by molar-refractivity contribution is 5.81. The maximum atomic E-state index is 11.9. The van der Waals surface area contributed by atoms with E-state index in [1.807, 2.05) is 13.8 Å². The Morgan fingerprint density at radius 2 is 1.73 bits per heavy atom. The van der Waals surface area contributed by atoms with Gasteiger partial charge in [0.15, 0.2) is 0 Å². The van der Waals surface area contributed by atoms with Gasteiger partial charge in [0.2, 0.25) is 5.91 Å². The van der Waals surface area contributed by atoms with Crippen LogP contribution in [-0.4, -0.2) is 26.2 Å². The third-order valence-corrected chi connectivity index (χ3v) is 2.18. The van der Waals surface area contributed by atoms with Gasteiger partial charge in [0.05, 0.1) is 6.61 Å². The number of ether oxygens (including phenoxy) is 1. The molecule has 0 unspecified atom stereocenters. The van der Waals surface area contributed by atoms with Crippen LogP contribution in [0.2, 0.25) is 0 Å². The van der Waals surface area contributed by atoms with E-state index in [1.165, 1.54) is 0 Å². The molecule has 0 aliphatic rings. The van der Waals surface area contributed by atoms with E-state index in [1.54, 1.807) is 7.11 Å². The quantitative estimate of drug-likeness (QED) is 0.714. The Bertz CT molecular complexity index is 204. The fourth-order valence-electron chi connectivity index (χ4n) is 1.91. The zero-order valence-electron chi connectivity index (χ0n) is 10.9. The number of carbonyl (C=O) groups is 1. The summed E-state index contributed by atoms with van der Waals surface area (Å²) in [6.45, 7) is 11.6. The molecule has 0 aromatic carbocycles. The largest absolute Gasteiger partial charge is 0.383 e. The fraction of sp³-hybridized carbons (Fsp3) is 0.917. The molecule has 1 amide bonds. The lowest BCUT2D eigenvalue weighted by molar-refractivity contribution is -0.131. The van der Waals surface area contributed by atoms with Gasteiger partial charge in [0, 0.05) is 19.1 Å². The van der Waals surface area contributed by atoms with Crippen LogP contribution in [-0.2, 0) is 9.53 Å². The Morgan fingerprint density at radius 1 is 1.20 bits per heavy atom. The molecular weight excluding hydrogens is 190 g/mol. The van der Waals surface area contributed by atoms with Crippen LogP contribution in [0.25, 0.3) is 0 Å². The van der Waals surface area contributed by atoms with Crippen LogP contribution in [0.5, 0.6) is 0 Å². The molecule has 90 valence electrons. The van der Waals surface area contributed by atoms with E-state index < -0.39 is 0 Å². The van der Waals surface area contributed by atoms with Crippen LogP contribution in [0.1, 0.15) is 41.0 Å². The minimum absolute atomic E-state index is 0.106. The number of hydrogen-bond acceptors (Lipinski definition) is 2. The van der Waals surface area contributed by atoms with Crippen LogP contribution in [0, 0.1) is 10.8 Å². The molecule has 0 heterocycles. The van der Waals surface area contributed by atoms with E-state index in [4.69, 9.17) is 4.74 Å². The lowest BCUT2D eigenvalue weighted by Crippen LogP contribution is -2.40. The SMILES string of the molecule is COCCNC(=O)C(C)(C)CC(C)(C)C. The first kappa shape index (κ1) is 14.4. The number of nitrogens with one attached hydrogen (secondary N) is 1. The van der Waals surface area contributed by atoms with Crippen molar-refractivity contribution in [1.82, 2.24) is 5.32 Å². The molecule has 3 heteroatoms. The first-order chi connectivity index (χ1) is 6.69. The van der Waals surface area contributed by atoms with Crippen molar-refractivity contribution in [3.05, 3.63) is 0 Å². The van der Waals surface area contributed by atoms with Gasteiger partial charge in [-0.25, -0.2) is 0 Å². The van der Waals surface area contributed by atoms with Crippen molar-refractivity contribution >= 4 is 5.91 Å². The minimum atomic E-state index is -0.314. The molecule has 15 heavy (non-hydrogen) atoms. The molecule has 0 aliphatic carbocycles. The van der Waals surface area contributed by atoms with Crippen molar-refractivity contribution in [2.75, 3.05) is 20.3 Å². The number of amides is 1. The van der Waals surface area contributed by atoms with E-state index in [2.05, 4.69) is 26.1 Å². The van der Waals surface area contributed by atoms with Gasteiger partial charge in [-0.05, 0) is 11.8 Å². The van der Waals surface area contributed by atoms with E-state index in [-0.39, 0.29) is 16.7 Å². The highest BCUT2D eigenvalue weighted by Gasteiger charge is 2.31. The molecule has 0 rings (SSSR count).